The third-order valence-corrected chi connectivity index (χ3v) is 1.82. The number of rotatable bonds is 1. The van der Waals surface area contributed by atoms with Crippen molar-refractivity contribution in [2.75, 3.05) is 4.90 Å². The van der Waals surface area contributed by atoms with Crippen molar-refractivity contribution >= 4 is 11.6 Å². The molecular formula is C10H8N2O. The van der Waals surface area contributed by atoms with Gasteiger partial charge in [0.1, 0.15) is 0 Å². The van der Waals surface area contributed by atoms with E-state index in [1.807, 2.05) is 36.3 Å². The SMILES string of the molecule is O=C=C1NC=CN1c1ccccc1. The second-order valence-corrected chi connectivity index (χ2v) is 2.62. The second kappa shape index (κ2) is 3.17. The highest BCUT2D eigenvalue weighted by Crippen LogP contribution is 2.18. The Hall–Kier alpha value is -1.99. The first-order chi connectivity index (χ1) is 6.42. The first-order valence-electron chi connectivity index (χ1n) is 3.94. The van der Waals surface area contributed by atoms with Crippen LogP contribution in [0.4, 0.5) is 5.69 Å². The fraction of sp³-hybridized carbons (Fsp3) is 0. The number of benzene rings is 1. The van der Waals surface area contributed by atoms with Gasteiger partial charge in [0, 0.05) is 18.1 Å². The summed E-state index contributed by atoms with van der Waals surface area (Å²) in [4.78, 5) is 12.2. The van der Waals surface area contributed by atoms with Gasteiger partial charge in [0.05, 0.1) is 0 Å². The molecule has 0 amide bonds. The molecule has 1 N–H and O–H groups in total. The van der Waals surface area contributed by atoms with Crippen LogP contribution in [0.25, 0.3) is 0 Å². The summed E-state index contributed by atoms with van der Waals surface area (Å²) in [6, 6.07) is 9.62. The van der Waals surface area contributed by atoms with Crippen LogP contribution < -0.4 is 10.2 Å². The van der Waals surface area contributed by atoms with Crippen molar-refractivity contribution in [2.24, 2.45) is 0 Å². The van der Waals surface area contributed by atoms with E-state index in [1.54, 1.807) is 17.3 Å². The van der Waals surface area contributed by atoms with Gasteiger partial charge in [-0.25, -0.2) is 4.79 Å². The third kappa shape index (κ3) is 1.33. The van der Waals surface area contributed by atoms with Crippen molar-refractivity contribution in [2.45, 2.75) is 0 Å². The Bertz CT molecular complexity index is 377. The monoisotopic (exact) mass is 172 g/mol. The maximum Gasteiger partial charge on any atom is 0.201 e. The molecule has 0 unspecified atom stereocenters. The van der Waals surface area contributed by atoms with E-state index < -0.39 is 0 Å². The van der Waals surface area contributed by atoms with Gasteiger partial charge < -0.3 is 5.32 Å². The van der Waals surface area contributed by atoms with E-state index in [0.29, 0.717) is 5.82 Å². The summed E-state index contributed by atoms with van der Waals surface area (Å²) in [5.41, 5.74) is 0.946. The van der Waals surface area contributed by atoms with Crippen LogP contribution in [0.15, 0.2) is 48.6 Å². The first-order valence-corrected chi connectivity index (χ1v) is 3.94. The molecule has 3 heteroatoms. The van der Waals surface area contributed by atoms with Gasteiger partial charge in [-0.05, 0) is 12.1 Å². The van der Waals surface area contributed by atoms with Gasteiger partial charge in [-0.2, -0.15) is 0 Å². The molecule has 0 aromatic heterocycles. The largest absolute Gasteiger partial charge is 0.337 e. The van der Waals surface area contributed by atoms with Gasteiger partial charge in [0.2, 0.25) is 5.82 Å². The molecule has 1 aromatic rings. The van der Waals surface area contributed by atoms with Crippen LogP contribution >= 0.6 is 0 Å². The molecule has 0 aliphatic carbocycles. The zero-order valence-corrected chi connectivity index (χ0v) is 6.90. The van der Waals surface area contributed by atoms with Gasteiger partial charge >= 0.3 is 0 Å². The van der Waals surface area contributed by atoms with E-state index in [-0.39, 0.29) is 0 Å². The lowest BCUT2D eigenvalue weighted by Crippen LogP contribution is -2.17. The Morgan fingerprint density at radius 1 is 1.23 bits per heavy atom. The number of carbonyl (C=O) groups excluding carboxylic acids is 1. The number of hydrogen-bond acceptors (Lipinski definition) is 3. The topological polar surface area (TPSA) is 32.3 Å². The Kier molecular flexibility index (Phi) is 1.87. The molecule has 0 spiro atoms. The van der Waals surface area contributed by atoms with Crippen LogP contribution in [0.1, 0.15) is 0 Å². The highest BCUT2D eigenvalue weighted by atomic mass is 16.1. The molecule has 1 aliphatic rings. The number of hydrogen-bond donors (Lipinski definition) is 1. The molecule has 1 aliphatic heterocycles. The molecule has 3 nitrogen and oxygen atoms in total. The molecule has 2 rings (SSSR count). The predicted octanol–water partition coefficient (Wildman–Crippen LogP) is 1.24. The Morgan fingerprint density at radius 2 is 2.00 bits per heavy atom. The molecule has 64 valence electrons. The summed E-state index contributed by atoms with van der Waals surface area (Å²) in [5, 5.41) is 2.79. The molecular weight excluding hydrogens is 164 g/mol. The van der Waals surface area contributed by atoms with Crippen LogP contribution in [0.5, 0.6) is 0 Å². The van der Waals surface area contributed by atoms with E-state index in [1.165, 1.54) is 0 Å². The molecule has 0 radical (unpaired) electrons. The van der Waals surface area contributed by atoms with E-state index in [4.69, 9.17) is 0 Å². The minimum Gasteiger partial charge on any atom is -0.337 e. The van der Waals surface area contributed by atoms with Crippen molar-refractivity contribution in [3.05, 3.63) is 48.6 Å². The number of nitrogens with one attached hydrogen (secondary N) is 1. The van der Waals surface area contributed by atoms with Crippen molar-refractivity contribution in [3.8, 4) is 0 Å². The fourth-order valence-corrected chi connectivity index (χ4v) is 1.22. The van der Waals surface area contributed by atoms with Crippen molar-refractivity contribution < 1.29 is 4.79 Å². The lowest BCUT2D eigenvalue weighted by atomic mass is 10.3. The van der Waals surface area contributed by atoms with E-state index >= 15 is 0 Å². The van der Waals surface area contributed by atoms with E-state index in [0.717, 1.165) is 5.69 Å². The summed E-state index contributed by atoms with van der Waals surface area (Å²) in [6.07, 6.45) is 3.49. The molecule has 1 heterocycles. The van der Waals surface area contributed by atoms with Crippen molar-refractivity contribution in [1.29, 1.82) is 0 Å². The third-order valence-electron chi connectivity index (χ3n) is 1.82. The zero-order valence-electron chi connectivity index (χ0n) is 6.90. The number of anilines is 1. The smallest absolute Gasteiger partial charge is 0.201 e. The Labute approximate surface area is 76.0 Å². The summed E-state index contributed by atoms with van der Waals surface area (Å²) in [6.45, 7) is 0. The summed E-state index contributed by atoms with van der Waals surface area (Å²) in [5.74, 6) is 2.25. The van der Waals surface area contributed by atoms with Gasteiger partial charge in [0.15, 0.2) is 5.94 Å². The maximum absolute atomic E-state index is 10.5. The van der Waals surface area contributed by atoms with Crippen LogP contribution in [0.3, 0.4) is 0 Å². The van der Waals surface area contributed by atoms with Crippen LogP contribution in [-0.4, -0.2) is 5.94 Å². The van der Waals surface area contributed by atoms with Crippen LogP contribution in [0, 0.1) is 0 Å². The molecule has 0 fully saturated rings. The lowest BCUT2D eigenvalue weighted by Gasteiger charge is -2.14. The number of para-hydroxylation sites is 1. The van der Waals surface area contributed by atoms with E-state index in [9.17, 15) is 4.79 Å². The Balaban J connectivity index is 2.37. The highest BCUT2D eigenvalue weighted by molar-refractivity contribution is 5.67. The quantitative estimate of drug-likeness (QED) is 0.647. The normalized spacial score (nSPS) is 14.2. The van der Waals surface area contributed by atoms with Crippen LogP contribution in [-0.2, 0) is 4.79 Å². The average molecular weight is 172 g/mol. The molecule has 0 saturated heterocycles. The zero-order chi connectivity index (χ0) is 9.10. The standard InChI is InChI=1S/C10H8N2O/c13-8-10-11-6-7-12(10)9-4-2-1-3-5-9/h1-7,11H. The van der Waals surface area contributed by atoms with E-state index in [2.05, 4.69) is 5.32 Å². The second-order valence-electron chi connectivity index (χ2n) is 2.62. The number of nitrogens with zero attached hydrogens (tertiary/aromatic N) is 1. The minimum absolute atomic E-state index is 0.422. The first kappa shape index (κ1) is 7.65. The molecule has 0 atom stereocenters. The van der Waals surface area contributed by atoms with Gasteiger partial charge in [-0.15, -0.1) is 0 Å². The molecule has 0 saturated carbocycles. The van der Waals surface area contributed by atoms with Crippen molar-refractivity contribution in [3.63, 3.8) is 0 Å². The maximum atomic E-state index is 10.5. The minimum atomic E-state index is 0.422. The molecule has 1 aromatic carbocycles. The average Bonchev–Trinajstić information content (AvgIpc) is 2.67. The summed E-state index contributed by atoms with van der Waals surface area (Å²) < 4.78 is 0. The van der Waals surface area contributed by atoms with Crippen LogP contribution in [0.2, 0.25) is 0 Å². The molecule has 0 bridgehead atoms. The molecule has 13 heavy (non-hydrogen) atoms. The van der Waals surface area contributed by atoms with Crippen molar-refractivity contribution in [1.82, 2.24) is 5.32 Å². The van der Waals surface area contributed by atoms with Gasteiger partial charge in [-0.1, -0.05) is 18.2 Å². The fourth-order valence-electron chi connectivity index (χ4n) is 1.22. The Morgan fingerprint density at radius 3 is 2.69 bits per heavy atom. The highest BCUT2D eigenvalue weighted by Gasteiger charge is 2.12. The summed E-state index contributed by atoms with van der Waals surface area (Å²) in [7, 11) is 0. The lowest BCUT2D eigenvalue weighted by molar-refractivity contribution is 0.565. The van der Waals surface area contributed by atoms with Gasteiger partial charge in [0.25, 0.3) is 0 Å². The summed E-state index contributed by atoms with van der Waals surface area (Å²) >= 11 is 0. The van der Waals surface area contributed by atoms with Gasteiger partial charge in [-0.3, -0.25) is 4.90 Å². The predicted molar refractivity (Wildman–Crippen MR) is 50.4 cm³/mol.